The largest absolute Gasteiger partial charge is 0.573 e. The third-order valence-corrected chi connectivity index (χ3v) is 13.9. The number of hydrogen-bond donors (Lipinski definition) is 4. The van der Waals surface area contributed by atoms with Gasteiger partial charge in [-0.3, -0.25) is 28.8 Å². The molecule has 0 saturated carbocycles. The molecule has 6 amide bonds. The van der Waals surface area contributed by atoms with E-state index in [2.05, 4.69) is 35.6 Å². The summed E-state index contributed by atoms with van der Waals surface area (Å²) < 4.78 is 54.8. The number of primary amides is 1. The highest BCUT2D eigenvalue weighted by Crippen LogP contribution is 2.30. The number of hydrogen-bond acceptors (Lipinski definition) is 13. The molecule has 0 aliphatic carbocycles. The number of rotatable bonds is 22. The minimum atomic E-state index is -4.81. The molecule has 2 aromatic carbocycles. The predicted molar refractivity (Wildman–Crippen MR) is 274 cm³/mol. The molecule has 5 heterocycles. The van der Waals surface area contributed by atoms with Crippen LogP contribution < -0.4 is 31.2 Å². The van der Waals surface area contributed by atoms with Crippen LogP contribution in [0.5, 0.6) is 11.6 Å². The summed E-state index contributed by atoms with van der Waals surface area (Å²) in [6.45, 7) is 9.26. The summed E-state index contributed by atoms with van der Waals surface area (Å²) in [6, 6.07) is 13.0. The van der Waals surface area contributed by atoms with Gasteiger partial charge in [0.25, 0.3) is 5.91 Å². The van der Waals surface area contributed by atoms with Crippen LogP contribution in [0.25, 0.3) is 21.7 Å². The van der Waals surface area contributed by atoms with Crippen molar-refractivity contribution in [3.05, 3.63) is 101 Å². The summed E-state index contributed by atoms with van der Waals surface area (Å²) in [5, 5.41) is 8.59. The lowest BCUT2D eigenvalue weighted by molar-refractivity contribution is -0.274. The van der Waals surface area contributed by atoms with Gasteiger partial charge in [0.05, 0.1) is 41.1 Å². The number of ether oxygens (including phenoxy) is 3. The number of alkyl halides is 3. The van der Waals surface area contributed by atoms with E-state index in [1.54, 1.807) is 44.3 Å². The highest BCUT2D eigenvalue weighted by Gasteiger charge is 2.42. The summed E-state index contributed by atoms with van der Waals surface area (Å²) in [5.74, 6) is -2.57. The lowest BCUT2D eigenvalue weighted by Crippen LogP contribution is -2.58. The molecule has 2 aliphatic heterocycles. The number of thiazole rings is 1. The number of imidazole rings is 1. The zero-order chi connectivity index (χ0) is 54.6. The number of amides is 6. The quantitative estimate of drug-likeness (QED) is 0.0607. The lowest BCUT2D eigenvalue weighted by Gasteiger charge is -2.35. The number of carbonyl (C=O) groups is 6. The number of nitrogens with two attached hydrogens (primary N) is 1. The number of likely N-dealkylation sites (tertiary alicyclic amines) is 2. The molecule has 0 spiro atoms. The predicted octanol–water partition coefficient (Wildman–Crippen LogP) is 5.74. The summed E-state index contributed by atoms with van der Waals surface area (Å²) in [7, 11) is 0. The molecule has 0 bridgehead atoms. The molecule has 23 heteroatoms. The minimum Gasteiger partial charge on any atom is -0.474 e. The summed E-state index contributed by atoms with van der Waals surface area (Å²) in [5.41, 5.74) is 11.4. The molecule has 2 unspecified atom stereocenters. The fourth-order valence-electron chi connectivity index (χ4n) is 8.89. The second kappa shape index (κ2) is 25.4. The van der Waals surface area contributed by atoms with Crippen LogP contribution in [-0.4, -0.2) is 129 Å². The average Bonchev–Trinajstić information content (AvgIpc) is 4.17. The topological polar surface area (TPSA) is 242 Å². The van der Waals surface area contributed by atoms with Crippen molar-refractivity contribution in [2.75, 3.05) is 39.4 Å². The van der Waals surface area contributed by atoms with E-state index in [4.69, 9.17) is 15.2 Å². The molecular formula is C53H63F3N10O9S. The van der Waals surface area contributed by atoms with E-state index in [1.165, 1.54) is 18.3 Å². The van der Waals surface area contributed by atoms with Crippen LogP contribution in [0, 0.1) is 12.3 Å². The monoisotopic (exact) mass is 1070 g/mol. The highest BCUT2D eigenvalue weighted by atomic mass is 32.1. The van der Waals surface area contributed by atoms with Crippen LogP contribution >= 0.6 is 11.3 Å². The van der Waals surface area contributed by atoms with Crippen molar-refractivity contribution in [2.24, 2.45) is 11.1 Å². The first kappa shape index (κ1) is 56.3. The normalized spacial score (nSPS) is 15.5. The van der Waals surface area contributed by atoms with Crippen LogP contribution in [0.2, 0.25) is 0 Å². The summed E-state index contributed by atoms with van der Waals surface area (Å²) >= 11 is 1.57. The minimum absolute atomic E-state index is 0.00459. The van der Waals surface area contributed by atoms with E-state index in [0.717, 1.165) is 33.8 Å². The molecule has 19 nitrogen and oxygen atoms in total. The number of piperidine rings is 1. The van der Waals surface area contributed by atoms with Gasteiger partial charge in [0.15, 0.2) is 0 Å². The Morgan fingerprint density at radius 3 is 2.28 bits per heavy atom. The Balaban J connectivity index is 0.782. The Bertz CT molecular complexity index is 2830. The third-order valence-electron chi connectivity index (χ3n) is 12.9. The molecule has 76 heavy (non-hydrogen) atoms. The van der Waals surface area contributed by atoms with E-state index in [1.807, 2.05) is 57.5 Å². The average molecular weight is 1070 g/mol. The molecule has 2 saturated heterocycles. The zero-order valence-electron chi connectivity index (χ0n) is 42.8. The number of benzene rings is 2. The molecule has 5 N–H and O–H groups in total. The van der Waals surface area contributed by atoms with E-state index < -0.39 is 35.7 Å². The number of nitrogens with one attached hydrogen (secondary N) is 3. The van der Waals surface area contributed by atoms with Gasteiger partial charge in [-0.2, -0.15) is 0 Å². The van der Waals surface area contributed by atoms with Crippen LogP contribution in [0.1, 0.15) is 86.5 Å². The number of aromatic nitrogens is 4. The Morgan fingerprint density at radius 2 is 1.61 bits per heavy atom. The van der Waals surface area contributed by atoms with Crippen LogP contribution in [-0.2, 0) is 48.2 Å². The van der Waals surface area contributed by atoms with Gasteiger partial charge in [-0.1, -0.05) is 57.2 Å². The smallest absolute Gasteiger partial charge is 0.474 e. The van der Waals surface area contributed by atoms with Crippen LogP contribution in [0.3, 0.4) is 0 Å². The maximum Gasteiger partial charge on any atom is 0.573 e. The molecule has 2 aliphatic rings. The Labute approximate surface area is 442 Å². The zero-order valence-corrected chi connectivity index (χ0v) is 43.6. The molecule has 3 aromatic heterocycles. The first-order chi connectivity index (χ1) is 36.2. The molecule has 2 fully saturated rings. The molecule has 5 aromatic rings. The van der Waals surface area contributed by atoms with Crippen molar-refractivity contribution in [3.63, 3.8) is 0 Å². The molecule has 0 radical (unpaired) electrons. The van der Waals surface area contributed by atoms with Crippen molar-refractivity contribution in [3.8, 4) is 33.3 Å². The fraction of sp³-hybridized carbons (Fsp3) is 0.453. The Morgan fingerprint density at radius 1 is 0.882 bits per heavy atom. The Kier molecular flexibility index (Phi) is 18.8. The fourth-order valence-corrected chi connectivity index (χ4v) is 9.70. The van der Waals surface area contributed by atoms with Gasteiger partial charge in [-0.15, -0.1) is 24.5 Å². The van der Waals surface area contributed by atoms with Gasteiger partial charge in [-0.25, -0.2) is 15.0 Å². The third kappa shape index (κ3) is 15.8. The second-order valence-corrected chi connectivity index (χ2v) is 20.6. The molecule has 406 valence electrons. The number of pyridine rings is 1. The van der Waals surface area contributed by atoms with Gasteiger partial charge in [0.1, 0.15) is 36.1 Å². The van der Waals surface area contributed by atoms with E-state index >= 15 is 0 Å². The maximum absolute atomic E-state index is 14.0. The summed E-state index contributed by atoms with van der Waals surface area (Å²) in [6.07, 6.45) is 2.43. The second-order valence-electron chi connectivity index (χ2n) is 19.7. The van der Waals surface area contributed by atoms with Gasteiger partial charge in [0, 0.05) is 76.5 Å². The van der Waals surface area contributed by atoms with Gasteiger partial charge < -0.3 is 50.3 Å². The van der Waals surface area contributed by atoms with Crippen molar-refractivity contribution in [2.45, 2.75) is 110 Å². The van der Waals surface area contributed by atoms with Gasteiger partial charge in [-0.05, 0) is 66.5 Å². The molecule has 7 rings (SSSR count). The van der Waals surface area contributed by atoms with E-state index in [-0.39, 0.29) is 79.5 Å². The number of halogens is 3. The van der Waals surface area contributed by atoms with Gasteiger partial charge >= 0.3 is 6.36 Å². The first-order valence-corrected chi connectivity index (χ1v) is 25.9. The number of carbonyl (C=O) groups excluding carboxylic acids is 6. The maximum atomic E-state index is 14.0. The Hall–Kier alpha value is -7.40. The number of aryl methyl sites for hydroxylation is 2. The summed E-state index contributed by atoms with van der Waals surface area (Å²) in [4.78, 5) is 95.9. The standard InChI is InChI=1S/C53H63F3N10O9S/c1-33-46(76-32-62-33)36-13-9-35(10-14-36)27-59-49(71)42-7-5-21-66(42)51(72)47(52(2,3)4)63-44(68)30-73-24-19-58-43(67)8-6-20-64-29-41(61-31-64)37-26-40(48(57)70)50(60-28-37)74-38-17-22-65(23-18-38)45(69)25-34-11-15-39(16-12-34)75-53(54,55)56/h9-16,26,28-29,31-32,38,42,47H,5-8,17-25,27,30H2,1-4H3,(H2,57,70)(H,58,67)(H,59,71)(H,63,68). The van der Waals surface area contributed by atoms with Crippen molar-refractivity contribution >= 4 is 46.8 Å². The SMILES string of the molecule is Cc1ncsc1-c1ccc(CNC(=O)C2CCCN2C(=O)C(NC(=O)COCCNC(=O)CCCn2cnc(-c3cnc(OC4CCN(C(=O)Cc5ccc(OC(F)(F)F)cc5)CC4)c(C(N)=O)c3)c2)C(C)(C)C)cc1. The van der Waals surface area contributed by atoms with Crippen LogP contribution in [0.15, 0.2) is 78.8 Å². The van der Waals surface area contributed by atoms with Crippen molar-refractivity contribution in [1.29, 1.82) is 0 Å². The molecular weight excluding hydrogens is 1010 g/mol. The number of nitrogens with zero attached hydrogens (tertiary/aromatic N) is 6. The first-order valence-electron chi connectivity index (χ1n) is 25.0. The van der Waals surface area contributed by atoms with E-state index in [9.17, 15) is 41.9 Å². The molecule has 2 atom stereocenters. The van der Waals surface area contributed by atoms with Crippen LogP contribution in [0.4, 0.5) is 13.2 Å². The van der Waals surface area contributed by atoms with Gasteiger partial charge in [0.2, 0.25) is 35.4 Å². The lowest BCUT2D eigenvalue weighted by atomic mass is 9.85. The van der Waals surface area contributed by atoms with E-state index in [0.29, 0.717) is 81.6 Å². The van der Waals surface area contributed by atoms with Crippen molar-refractivity contribution in [1.82, 2.24) is 45.3 Å². The highest BCUT2D eigenvalue weighted by molar-refractivity contribution is 7.13. The van der Waals surface area contributed by atoms with Crippen molar-refractivity contribution < 1.29 is 56.1 Å².